The van der Waals surface area contributed by atoms with Gasteiger partial charge in [0, 0.05) is 19.8 Å². The molecule has 0 bridgehead atoms. The van der Waals surface area contributed by atoms with Gasteiger partial charge >= 0.3 is 0 Å². The standard InChI is InChI=1S/C13H19ClFNO/c1-2-7-17-8-3-6-16-10-11-4-5-13(15)12(14)9-11/h4-5,9,16H,2-3,6-8,10H2,1H3. The lowest BCUT2D eigenvalue weighted by Crippen LogP contribution is -2.16. The Kier molecular flexibility index (Phi) is 7.17. The van der Waals surface area contributed by atoms with Crippen LogP contribution in [0.1, 0.15) is 25.3 Å². The number of hydrogen-bond donors (Lipinski definition) is 1. The van der Waals surface area contributed by atoms with Gasteiger partial charge < -0.3 is 10.1 Å². The van der Waals surface area contributed by atoms with E-state index in [2.05, 4.69) is 12.2 Å². The predicted molar refractivity (Wildman–Crippen MR) is 68.8 cm³/mol. The second kappa shape index (κ2) is 8.45. The van der Waals surface area contributed by atoms with Gasteiger partial charge in [0.2, 0.25) is 0 Å². The lowest BCUT2D eigenvalue weighted by atomic mass is 10.2. The van der Waals surface area contributed by atoms with E-state index in [-0.39, 0.29) is 10.8 Å². The van der Waals surface area contributed by atoms with E-state index >= 15 is 0 Å². The van der Waals surface area contributed by atoms with Crippen molar-refractivity contribution in [2.24, 2.45) is 0 Å². The predicted octanol–water partition coefficient (Wildman–Crippen LogP) is 3.39. The summed E-state index contributed by atoms with van der Waals surface area (Å²) < 4.78 is 18.3. The zero-order chi connectivity index (χ0) is 12.5. The number of hydrogen-bond acceptors (Lipinski definition) is 2. The summed E-state index contributed by atoms with van der Waals surface area (Å²) in [5.74, 6) is -0.372. The molecule has 0 aliphatic heterocycles. The minimum atomic E-state index is -0.372. The van der Waals surface area contributed by atoms with E-state index in [1.54, 1.807) is 12.1 Å². The number of rotatable bonds is 8. The lowest BCUT2D eigenvalue weighted by molar-refractivity contribution is 0.132. The van der Waals surface area contributed by atoms with E-state index in [0.29, 0.717) is 6.54 Å². The number of halogens is 2. The van der Waals surface area contributed by atoms with E-state index in [1.165, 1.54) is 6.07 Å². The molecular formula is C13H19ClFNO. The SMILES string of the molecule is CCCOCCCNCc1ccc(F)c(Cl)c1. The lowest BCUT2D eigenvalue weighted by Gasteiger charge is -2.06. The van der Waals surface area contributed by atoms with Crippen LogP contribution in [-0.4, -0.2) is 19.8 Å². The molecule has 0 aromatic heterocycles. The quantitative estimate of drug-likeness (QED) is 0.723. The first kappa shape index (κ1) is 14.4. The average molecular weight is 260 g/mol. The monoisotopic (exact) mass is 259 g/mol. The molecule has 4 heteroatoms. The molecule has 1 rings (SSSR count). The maximum absolute atomic E-state index is 12.9. The molecule has 0 aliphatic rings. The molecule has 0 amide bonds. The van der Waals surface area contributed by atoms with Gasteiger partial charge in [0.15, 0.2) is 0 Å². The summed E-state index contributed by atoms with van der Waals surface area (Å²) in [6.45, 7) is 5.29. The van der Waals surface area contributed by atoms with Gasteiger partial charge in [0.05, 0.1) is 5.02 Å². The van der Waals surface area contributed by atoms with Crippen LogP contribution in [0.2, 0.25) is 5.02 Å². The van der Waals surface area contributed by atoms with Crippen LogP contribution in [0.15, 0.2) is 18.2 Å². The number of nitrogens with one attached hydrogen (secondary N) is 1. The first-order chi connectivity index (χ1) is 8.24. The average Bonchev–Trinajstić information content (AvgIpc) is 2.32. The van der Waals surface area contributed by atoms with Crippen molar-refractivity contribution >= 4 is 11.6 Å². The van der Waals surface area contributed by atoms with Crippen molar-refractivity contribution in [1.29, 1.82) is 0 Å². The van der Waals surface area contributed by atoms with Gasteiger partial charge in [-0.3, -0.25) is 0 Å². The molecule has 1 aromatic rings. The van der Waals surface area contributed by atoms with Crippen LogP contribution in [-0.2, 0) is 11.3 Å². The zero-order valence-electron chi connectivity index (χ0n) is 10.1. The van der Waals surface area contributed by atoms with Gasteiger partial charge in [0.1, 0.15) is 5.82 Å². The smallest absolute Gasteiger partial charge is 0.141 e. The third kappa shape index (κ3) is 6.01. The normalized spacial score (nSPS) is 10.8. The van der Waals surface area contributed by atoms with Crippen molar-refractivity contribution in [3.63, 3.8) is 0 Å². The Hall–Kier alpha value is -0.640. The van der Waals surface area contributed by atoms with Gasteiger partial charge in [-0.1, -0.05) is 24.6 Å². The Labute approximate surface area is 107 Å². The van der Waals surface area contributed by atoms with Crippen LogP contribution in [0, 0.1) is 5.82 Å². The molecule has 0 unspecified atom stereocenters. The van der Waals surface area contributed by atoms with Crippen molar-refractivity contribution in [2.75, 3.05) is 19.8 Å². The van der Waals surface area contributed by atoms with Gasteiger partial charge in [-0.05, 0) is 37.1 Å². The molecule has 1 aromatic carbocycles. The highest BCUT2D eigenvalue weighted by molar-refractivity contribution is 6.30. The topological polar surface area (TPSA) is 21.3 Å². The molecule has 2 nitrogen and oxygen atoms in total. The molecule has 0 saturated carbocycles. The maximum Gasteiger partial charge on any atom is 0.141 e. The van der Waals surface area contributed by atoms with Crippen molar-refractivity contribution in [2.45, 2.75) is 26.3 Å². The third-order valence-corrected chi connectivity index (χ3v) is 2.59. The largest absolute Gasteiger partial charge is 0.381 e. The number of ether oxygens (including phenoxy) is 1. The number of benzene rings is 1. The van der Waals surface area contributed by atoms with Crippen molar-refractivity contribution in [3.05, 3.63) is 34.6 Å². The van der Waals surface area contributed by atoms with Gasteiger partial charge in [0.25, 0.3) is 0 Å². The van der Waals surface area contributed by atoms with E-state index in [1.807, 2.05) is 0 Å². The van der Waals surface area contributed by atoms with Crippen molar-refractivity contribution in [1.82, 2.24) is 5.32 Å². The second-order valence-corrected chi connectivity index (χ2v) is 4.30. The van der Waals surface area contributed by atoms with E-state index in [9.17, 15) is 4.39 Å². The molecule has 0 saturated heterocycles. The van der Waals surface area contributed by atoms with Crippen molar-refractivity contribution in [3.8, 4) is 0 Å². The summed E-state index contributed by atoms with van der Waals surface area (Å²) in [7, 11) is 0. The summed E-state index contributed by atoms with van der Waals surface area (Å²) in [5.41, 5.74) is 0.992. The molecule has 0 atom stereocenters. The van der Waals surface area contributed by atoms with Gasteiger partial charge in [-0.2, -0.15) is 0 Å². The molecular weight excluding hydrogens is 241 g/mol. The first-order valence-corrected chi connectivity index (χ1v) is 6.34. The molecule has 0 spiro atoms. The fourth-order valence-corrected chi connectivity index (χ4v) is 1.63. The molecule has 0 radical (unpaired) electrons. The van der Waals surface area contributed by atoms with Crippen LogP contribution >= 0.6 is 11.6 Å². The minimum absolute atomic E-state index is 0.176. The Bertz CT molecular complexity index is 333. The van der Waals surface area contributed by atoms with Crippen molar-refractivity contribution < 1.29 is 9.13 Å². The maximum atomic E-state index is 12.9. The first-order valence-electron chi connectivity index (χ1n) is 5.96. The molecule has 0 heterocycles. The van der Waals surface area contributed by atoms with Crippen LogP contribution < -0.4 is 5.32 Å². The Morgan fingerprint density at radius 1 is 1.35 bits per heavy atom. The summed E-state index contributed by atoms with van der Waals surface area (Å²) in [6.07, 6.45) is 2.04. The fraction of sp³-hybridized carbons (Fsp3) is 0.538. The van der Waals surface area contributed by atoms with Gasteiger partial charge in [-0.25, -0.2) is 4.39 Å². The Morgan fingerprint density at radius 2 is 2.18 bits per heavy atom. The van der Waals surface area contributed by atoms with Crippen LogP contribution in [0.5, 0.6) is 0 Å². The van der Waals surface area contributed by atoms with E-state index in [4.69, 9.17) is 16.3 Å². The van der Waals surface area contributed by atoms with E-state index in [0.717, 1.165) is 38.2 Å². The molecule has 0 aliphatic carbocycles. The molecule has 17 heavy (non-hydrogen) atoms. The fourth-order valence-electron chi connectivity index (χ4n) is 1.43. The Balaban J connectivity index is 2.11. The van der Waals surface area contributed by atoms with Crippen LogP contribution in [0.25, 0.3) is 0 Å². The highest BCUT2D eigenvalue weighted by Crippen LogP contribution is 2.15. The zero-order valence-corrected chi connectivity index (χ0v) is 10.9. The molecule has 0 fully saturated rings. The molecule has 96 valence electrons. The summed E-state index contributed by atoms with van der Waals surface area (Å²) in [6, 6.07) is 4.78. The summed E-state index contributed by atoms with van der Waals surface area (Å²) in [5, 5.41) is 3.44. The summed E-state index contributed by atoms with van der Waals surface area (Å²) in [4.78, 5) is 0. The van der Waals surface area contributed by atoms with E-state index < -0.39 is 0 Å². The van der Waals surface area contributed by atoms with Crippen LogP contribution in [0.4, 0.5) is 4.39 Å². The van der Waals surface area contributed by atoms with Gasteiger partial charge in [-0.15, -0.1) is 0 Å². The second-order valence-electron chi connectivity index (χ2n) is 3.89. The highest BCUT2D eigenvalue weighted by atomic mass is 35.5. The third-order valence-electron chi connectivity index (χ3n) is 2.30. The summed E-state index contributed by atoms with van der Waals surface area (Å²) >= 11 is 5.69. The van der Waals surface area contributed by atoms with Crippen LogP contribution in [0.3, 0.4) is 0 Å². The highest BCUT2D eigenvalue weighted by Gasteiger charge is 2.00. The molecule has 1 N–H and O–H groups in total. The minimum Gasteiger partial charge on any atom is -0.381 e. The Morgan fingerprint density at radius 3 is 2.88 bits per heavy atom.